The Morgan fingerprint density at radius 3 is 2.50 bits per heavy atom. The van der Waals surface area contributed by atoms with Crippen LogP contribution in [0.5, 0.6) is 0 Å². The van der Waals surface area contributed by atoms with Gasteiger partial charge in [-0.3, -0.25) is 0 Å². The van der Waals surface area contributed by atoms with Gasteiger partial charge in [0.05, 0.1) is 5.60 Å². The Kier molecular flexibility index (Phi) is 2.05. The summed E-state index contributed by atoms with van der Waals surface area (Å²) >= 11 is 0. The number of hydrogen-bond acceptors (Lipinski definition) is 1. The number of rotatable bonds is 1. The van der Waals surface area contributed by atoms with Gasteiger partial charge >= 0.3 is 0 Å². The molecule has 1 saturated carbocycles. The van der Waals surface area contributed by atoms with E-state index >= 15 is 0 Å². The quantitative estimate of drug-likeness (QED) is 0.631. The summed E-state index contributed by atoms with van der Waals surface area (Å²) in [4.78, 5) is 0. The molecule has 2 aliphatic carbocycles. The molecule has 0 aromatic carbocycles. The first-order valence-corrected chi connectivity index (χ1v) is 4.88. The van der Waals surface area contributed by atoms with Crippen LogP contribution in [0.15, 0.2) is 24.3 Å². The minimum Gasteiger partial charge on any atom is -0.385 e. The predicted octanol–water partition coefficient (Wildman–Crippen LogP) is 2.42. The average Bonchev–Trinajstić information content (AvgIpc) is 2.58. The highest BCUT2D eigenvalue weighted by atomic mass is 16.3. The molecule has 0 heterocycles. The van der Waals surface area contributed by atoms with E-state index in [-0.39, 0.29) is 0 Å². The van der Waals surface area contributed by atoms with Gasteiger partial charge in [0, 0.05) is 0 Å². The molecule has 0 amide bonds. The summed E-state index contributed by atoms with van der Waals surface area (Å²) in [7, 11) is 0. The van der Waals surface area contributed by atoms with Crippen molar-refractivity contribution < 1.29 is 5.11 Å². The Balaban J connectivity index is 2.09. The Morgan fingerprint density at radius 1 is 1.17 bits per heavy atom. The first kappa shape index (κ1) is 8.06. The van der Waals surface area contributed by atoms with Gasteiger partial charge in [0.15, 0.2) is 0 Å². The normalized spacial score (nSPS) is 36.1. The Morgan fingerprint density at radius 2 is 1.92 bits per heavy atom. The molecule has 0 aromatic heterocycles. The zero-order valence-corrected chi connectivity index (χ0v) is 7.37. The summed E-state index contributed by atoms with van der Waals surface area (Å²) in [5, 5.41) is 10.2. The third kappa shape index (κ3) is 1.34. The topological polar surface area (TPSA) is 20.2 Å². The summed E-state index contributed by atoms with van der Waals surface area (Å²) in [6.45, 7) is 0. The maximum Gasteiger partial charge on any atom is 0.0893 e. The number of allylic oxidation sites excluding steroid dienone is 2. The van der Waals surface area contributed by atoms with Gasteiger partial charge in [0.25, 0.3) is 0 Å². The van der Waals surface area contributed by atoms with Crippen LogP contribution < -0.4 is 0 Å². The molecule has 1 atom stereocenters. The molecule has 66 valence electrons. The van der Waals surface area contributed by atoms with Gasteiger partial charge in [-0.1, -0.05) is 37.1 Å². The summed E-state index contributed by atoms with van der Waals surface area (Å²) < 4.78 is 0. The minimum atomic E-state index is -0.509. The first-order chi connectivity index (χ1) is 5.81. The number of hydrogen-bond donors (Lipinski definition) is 1. The van der Waals surface area contributed by atoms with Gasteiger partial charge in [-0.05, 0) is 25.2 Å². The summed E-state index contributed by atoms with van der Waals surface area (Å²) in [5.74, 6) is 0.513. The van der Waals surface area contributed by atoms with Crippen LogP contribution in [0.2, 0.25) is 0 Å². The highest BCUT2D eigenvalue weighted by molar-refractivity contribution is 5.19. The van der Waals surface area contributed by atoms with E-state index < -0.39 is 5.60 Å². The fraction of sp³-hybridized carbons (Fsp3) is 0.636. The smallest absolute Gasteiger partial charge is 0.0893 e. The molecular formula is C11H16O. The molecule has 1 heteroatoms. The Bertz CT molecular complexity index is 211. The molecule has 1 fully saturated rings. The molecule has 2 rings (SSSR count). The Labute approximate surface area is 73.8 Å². The maximum atomic E-state index is 10.2. The molecule has 2 aliphatic rings. The first-order valence-electron chi connectivity index (χ1n) is 4.88. The van der Waals surface area contributed by atoms with E-state index in [2.05, 4.69) is 6.08 Å². The molecule has 12 heavy (non-hydrogen) atoms. The third-order valence-corrected chi connectivity index (χ3v) is 3.14. The SMILES string of the molecule is OC1(C2CCCC2)C=CC=CC1. The van der Waals surface area contributed by atoms with Gasteiger partial charge < -0.3 is 5.11 Å². The largest absolute Gasteiger partial charge is 0.385 e. The fourth-order valence-electron chi connectivity index (χ4n) is 2.35. The van der Waals surface area contributed by atoms with Crippen molar-refractivity contribution in [3.8, 4) is 0 Å². The van der Waals surface area contributed by atoms with E-state index in [0.717, 1.165) is 6.42 Å². The minimum absolute atomic E-state index is 0.509. The summed E-state index contributed by atoms with van der Waals surface area (Å²) in [6, 6.07) is 0. The average molecular weight is 164 g/mol. The van der Waals surface area contributed by atoms with Crippen molar-refractivity contribution in [2.24, 2.45) is 5.92 Å². The lowest BCUT2D eigenvalue weighted by Crippen LogP contribution is -2.34. The highest BCUT2D eigenvalue weighted by Crippen LogP contribution is 2.38. The van der Waals surface area contributed by atoms with Crippen LogP contribution in [0, 0.1) is 5.92 Å². The van der Waals surface area contributed by atoms with E-state index in [9.17, 15) is 5.11 Å². The van der Waals surface area contributed by atoms with Crippen LogP contribution in [0.3, 0.4) is 0 Å². The fourth-order valence-corrected chi connectivity index (χ4v) is 2.35. The van der Waals surface area contributed by atoms with E-state index in [1.807, 2.05) is 18.2 Å². The van der Waals surface area contributed by atoms with Crippen molar-refractivity contribution in [2.45, 2.75) is 37.7 Å². The second-order valence-electron chi connectivity index (χ2n) is 3.96. The van der Waals surface area contributed by atoms with Crippen LogP contribution >= 0.6 is 0 Å². The monoisotopic (exact) mass is 164 g/mol. The van der Waals surface area contributed by atoms with Crippen molar-refractivity contribution in [3.05, 3.63) is 24.3 Å². The lowest BCUT2D eigenvalue weighted by atomic mass is 9.81. The van der Waals surface area contributed by atoms with Crippen LogP contribution in [0.1, 0.15) is 32.1 Å². The maximum absolute atomic E-state index is 10.2. The summed E-state index contributed by atoms with van der Waals surface area (Å²) in [6.07, 6.45) is 13.8. The van der Waals surface area contributed by atoms with Gasteiger partial charge in [0.1, 0.15) is 0 Å². The van der Waals surface area contributed by atoms with Gasteiger partial charge in [-0.15, -0.1) is 0 Å². The van der Waals surface area contributed by atoms with Crippen molar-refractivity contribution in [3.63, 3.8) is 0 Å². The van der Waals surface area contributed by atoms with Crippen molar-refractivity contribution in [1.29, 1.82) is 0 Å². The molecule has 1 N–H and O–H groups in total. The molecule has 1 unspecified atom stereocenters. The van der Waals surface area contributed by atoms with E-state index in [1.54, 1.807) is 0 Å². The molecule has 0 radical (unpaired) electrons. The second kappa shape index (κ2) is 3.06. The molecule has 0 spiro atoms. The third-order valence-electron chi connectivity index (χ3n) is 3.14. The Hall–Kier alpha value is -0.560. The van der Waals surface area contributed by atoms with E-state index in [1.165, 1.54) is 25.7 Å². The molecule has 0 aliphatic heterocycles. The number of aliphatic hydroxyl groups is 1. The molecule has 1 nitrogen and oxygen atoms in total. The van der Waals surface area contributed by atoms with Crippen molar-refractivity contribution in [1.82, 2.24) is 0 Å². The standard InChI is InChI=1S/C11H16O/c12-11(8-4-1-5-9-11)10-6-2-3-7-10/h1,4-5,8,10,12H,2-3,6-7,9H2. The van der Waals surface area contributed by atoms with E-state index in [4.69, 9.17) is 0 Å². The zero-order chi connectivity index (χ0) is 8.44. The molecule has 0 bridgehead atoms. The van der Waals surface area contributed by atoms with Crippen molar-refractivity contribution >= 4 is 0 Å². The van der Waals surface area contributed by atoms with Gasteiger partial charge in [-0.25, -0.2) is 0 Å². The van der Waals surface area contributed by atoms with Gasteiger partial charge in [-0.2, -0.15) is 0 Å². The van der Waals surface area contributed by atoms with Crippen LogP contribution in [0.25, 0.3) is 0 Å². The lowest BCUT2D eigenvalue weighted by Gasteiger charge is -2.31. The second-order valence-corrected chi connectivity index (χ2v) is 3.96. The lowest BCUT2D eigenvalue weighted by molar-refractivity contribution is 0.0324. The van der Waals surface area contributed by atoms with Crippen LogP contribution in [-0.4, -0.2) is 10.7 Å². The molecule has 0 saturated heterocycles. The van der Waals surface area contributed by atoms with Crippen LogP contribution in [0.4, 0.5) is 0 Å². The van der Waals surface area contributed by atoms with Gasteiger partial charge in [0.2, 0.25) is 0 Å². The molecule has 0 aromatic rings. The summed E-state index contributed by atoms with van der Waals surface area (Å²) in [5.41, 5.74) is -0.509. The zero-order valence-electron chi connectivity index (χ0n) is 7.37. The van der Waals surface area contributed by atoms with Crippen molar-refractivity contribution in [2.75, 3.05) is 0 Å². The highest BCUT2D eigenvalue weighted by Gasteiger charge is 2.35. The molecular weight excluding hydrogens is 148 g/mol. The van der Waals surface area contributed by atoms with E-state index in [0.29, 0.717) is 5.92 Å². The van der Waals surface area contributed by atoms with Crippen LogP contribution in [-0.2, 0) is 0 Å². The predicted molar refractivity (Wildman–Crippen MR) is 49.8 cm³/mol.